The molecule has 0 aliphatic carbocycles. The molecule has 0 aliphatic heterocycles. The van der Waals surface area contributed by atoms with Gasteiger partial charge >= 0.3 is 0 Å². The van der Waals surface area contributed by atoms with Crippen LogP contribution in [0.25, 0.3) is 0 Å². The monoisotopic (exact) mass is 244 g/mol. The zero-order valence-electron chi connectivity index (χ0n) is 9.74. The van der Waals surface area contributed by atoms with Crippen LogP contribution in [0.1, 0.15) is 34.7 Å². The van der Waals surface area contributed by atoms with Crippen LogP contribution in [0.4, 0.5) is 0 Å². The van der Waals surface area contributed by atoms with Crippen molar-refractivity contribution in [3.63, 3.8) is 0 Å². The molecule has 1 rings (SSSR count). The predicted molar refractivity (Wildman–Crippen MR) is 61.5 cm³/mol. The van der Waals surface area contributed by atoms with Crippen molar-refractivity contribution in [2.45, 2.75) is 26.7 Å². The van der Waals surface area contributed by atoms with E-state index in [0.717, 1.165) is 0 Å². The molecule has 0 amide bonds. The van der Waals surface area contributed by atoms with Gasteiger partial charge < -0.3 is 4.42 Å². The number of ketones is 1. The number of aryl methyl sites for hydroxylation is 2. The standard InChI is InChI=1S/C11H16O4S/c1-8-7-10(9(2)15-8)11(12)5-4-6-16(3,13)14/h7H,4-6H2,1-3H3. The number of hydrogen-bond donors (Lipinski definition) is 0. The molecule has 0 N–H and O–H groups in total. The lowest BCUT2D eigenvalue weighted by molar-refractivity contribution is 0.0980. The molecule has 0 spiro atoms. The maximum atomic E-state index is 11.7. The predicted octanol–water partition coefficient (Wildman–Crippen LogP) is 1.90. The van der Waals surface area contributed by atoms with Gasteiger partial charge in [0.15, 0.2) is 5.78 Å². The highest BCUT2D eigenvalue weighted by molar-refractivity contribution is 7.90. The van der Waals surface area contributed by atoms with Gasteiger partial charge in [-0.1, -0.05) is 0 Å². The Morgan fingerprint density at radius 1 is 1.38 bits per heavy atom. The Morgan fingerprint density at radius 2 is 2.00 bits per heavy atom. The van der Waals surface area contributed by atoms with Gasteiger partial charge in [-0.15, -0.1) is 0 Å². The first kappa shape index (κ1) is 13.0. The Hall–Kier alpha value is -1.10. The maximum absolute atomic E-state index is 11.7. The first-order chi connectivity index (χ1) is 7.29. The van der Waals surface area contributed by atoms with Gasteiger partial charge in [0.1, 0.15) is 21.4 Å². The molecule has 0 saturated heterocycles. The summed E-state index contributed by atoms with van der Waals surface area (Å²) in [6, 6.07) is 1.69. The fraction of sp³-hybridized carbons (Fsp3) is 0.545. The molecule has 0 unspecified atom stereocenters. The summed E-state index contributed by atoms with van der Waals surface area (Å²) in [6.45, 7) is 3.51. The van der Waals surface area contributed by atoms with Gasteiger partial charge in [-0.25, -0.2) is 8.42 Å². The van der Waals surface area contributed by atoms with Gasteiger partial charge in [0, 0.05) is 12.7 Å². The van der Waals surface area contributed by atoms with Crippen LogP contribution in [0.2, 0.25) is 0 Å². The normalized spacial score (nSPS) is 11.7. The molecule has 0 bridgehead atoms. The second kappa shape index (κ2) is 4.82. The van der Waals surface area contributed by atoms with Crippen molar-refractivity contribution in [1.82, 2.24) is 0 Å². The fourth-order valence-corrected chi connectivity index (χ4v) is 2.21. The number of carbonyl (C=O) groups excluding carboxylic acids is 1. The molecule has 1 aromatic rings. The minimum absolute atomic E-state index is 0.0502. The van der Waals surface area contributed by atoms with Gasteiger partial charge in [0.05, 0.1) is 11.3 Å². The second-order valence-electron chi connectivity index (χ2n) is 3.98. The quantitative estimate of drug-likeness (QED) is 0.742. The van der Waals surface area contributed by atoms with Gasteiger partial charge in [0.2, 0.25) is 0 Å². The Balaban J connectivity index is 2.57. The first-order valence-electron chi connectivity index (χ1n) is 5.07. The smallest absolute Gasteiger partial charge is 0.166 e. The van der Waals surface area contributed by atoms with Crippen LogP contribution >= 0.6 is 0 Å². The minimum Gasteiger partial charge on any atom is -0.466 e. The van der Waals surface area contributed by atoms with E-state index in [1.807, 2.05) is 0 Å². The number of sulfone groups is 1. The molecule has 0 aliphatic rings. The molecule has 0 atom stereocenters. The summed E-state index contributed by atoms with van der Waals surface area (Å²) in [4.78, 5) is 11.7. The zero-order chi connectivity index (χ0) is 12.3. The molecule has 1 heterocycles. The van der Waals surface area contributed by atoms with Crippen molar-refractivity contribution < 1.29 is 17.6 Å². The van der Waals surface area contributed by atoms with Crippen molar-refractivity contribution in [1.29, 1.82) is 0 Å². The van der Waals surface area contributed by atoms with Crippen molar-refractivity contribution >= 4 is 15.6 Å². The molecule has 0 fully saturated rings. The van der Waals surface area contributed by atoms with E-state index in [-0.39, 0.29) is 18.0 Å². The van der Waals surface area contributed by atoms with Crippen molar-refractivity contribution in [3.8, 4) is 0 Å². The van der Waals surface area contributed by atoms with Crippen molar-refractivity contribution in [2.24, 2.45) is 0 Å². The van der Waals surface area contributed by atoms with E-state index in [4.69, 9.17) is 4.42 Å². The number of carbonyl (C=O) groups is 1. The molecule has 5 heteroatoms. The number of hydrogen-bond acceptors (Lipinski definition) is 4. The van der Waals surface area contributed by atoms with Crippen LogP contribution < -0.4 is 0 Å². The van der Waals surface area contributed by atoms with Crippen LogP contribution in [-0.4, -0.2) is 26.2 Å². The number of furan rings is 1. The highest BCUT2D eigenvalue weighted by atomic mass is 32.2. The molecular weight excluding hydrogens is 228 g/mol. The second-order valence-corrected chi connectivity index (χ2v) is 6.24. The van der Waals surface area contributed by atoms with Crippen LogP contribution in [0, 0.1) is 13.8 Å². The first-order valence-corrected chi connectivity index (χ1v) is 7.13. The van der Waals surface area contributed by atoms with E-state index in [1.54, 1.807) is 19.9 Å². The van der Waals surface area contributed by atoms with Gasteiger partial charge in [-0.3, -0.25) is 4.79 Å². The number of Topliss-reactive ketones (excluding diaryl/α,β-unsaturated/α-hetero) is 1. The lowest BCUT2D eigenvalue weighted by atomic mass is 10.1. The van der Waals surface area contributed by atoms with Crippen LogP contribution in [-0.2, 0) is 9.84 Å². The van der Waals surface area contributed by atoms with Crippen molar-refractivity contribution in [3.05, 3.63) is 23.2 Å². The maximum Gasteiger partial charge on any atom is 0.166 e. The summed E-state index contributed by atoms with van der Waals surface area (Å²) in [6.07, 6.45) is 1.78. The Kier molecular flexibility index (Phi) is 3.91. The summed E-state index contributed by atoms with van der Waals surface area (Å²) in [5.41, 5.74) is 0.561. The zero-order valence-corrected chi connectivity index (χ0v) is 10.6. The average molecular weight is 244 g/mol. The summed E-state index contributed by atoms with van der Waals surface area (Å²) in [7, 11) is -2.98. The van der Waals surface area contributed by atoms with E-state index in [2.05, 4.69) is 0 Å². The topological polar surface area (TPSA) is 64.3 Å². The molecular formula is C11H16O4S. The minimum atomic E-state index is -2.98. The highest BCUT2D eigenvalue weighted by Gasteiger charge is 2.14. The summed E-state index contributed by atoms with van der Waals surface area (Å²) in [5.74, 6) is 1.29. The third kappa shape index (κ3) is 3.81. The van der Waals surface area contributed by atoms with Crippen molar-refractivity contribution in [2.75, 3.05) is 12.0 Å². The SMILES string of the molecule is Cc1cc(C(=O)CCCS(C)(=O)=O)c(C)o1. The van der Waals surface area contributed by atoms with Gasteiger partial charge in [-0.2, -0.15) is 0 Å². The largest absolute Gasteiger partial charge is 0.466 e. The van der Waals surface area contributed by atoms with E-state index in [1.165, 1.54) is 6.26 Å². The summed E-state index contributed by atoms with van der Waals surface area (Å²) in [5, 5.41) is 0. The van der Waals surface area contributed by atoms with Crippen LogP contribution in [0.5, 0.6) is 0 Å². The van der Waals surface area contributed by atoms with E-state index in [0.29, 0.717) is 23.5 Å². The Morgan fingerprint density at radius 3 is 2.44 bits per heavy atom. The molecule has 16 heavy (non-hydrogen) atoms. The molecule has 0 saturated carbocycles. The average Bonchev–Trinajstić information content (AvgIpc) is 2.43. The molecule has 90 valence electrons. The van der Waals surface area contributed by atoms with Crippen LogP contribution in [0.3, 0.4) is 0 Å². The lowest BCUT2D eigenvalue weighted by Gasteiger charge is -1.98. The third-order valence-electron chi connectivity index (χ3n) is 2.26. The molecule has 0 aromatic carbocycles. The fourth-order valence-electron chi connectivity index (χ4n) is 1.54. The molecule has 4 nitrogen and oxygen atoms in total. The summed E-state index contributed by atoms with van der Waals surface area (Å²) >= 11 is 0. The van der Waals surface area contributed by atoms with Crippen LogP contribution in [0.15, 0.2) is 10.5 Å². The molecule has 1 aromatic heterocycles. The Bertz CT molecular complexity index is 482. The third-order valence-corrected chi connectivity index (χ3v) is 3.29. The number of rotatable bonds is 5. The Labute approximate surface area is 95.6 Å². The van der Waals surface area contributed by atoms with E-state index < -0.39 is 9.84 Å². The van der Waals surface area contributed by atoms with E-state index >= 15 is 0 Å². The summed E-state index contributed by atoms with van der Waals surface area (Å²) < 4.78 is 27.0. The lowest BCUT2D eigenvalue weighted by Crippen LogP contribution is -2.06. The van der Waals surface area contributed by atoms with Gasteiger partial charge in [0.25, 0.3) is 0 Å². The van der Waals surface area contributed by atoms with E-state index in [9.17, 15) is 13.2 Å². The van der Waals surface area contributed by atoms with Gasteiger partial charge in [-0.05, 0) is 26.3 Å². The highest BCUT2D eigenvalue weighted by Crippen LogP contribution is 2.16. The molecule has 0 radical (unpaired) electrons.